The van der Waals surface area contributed by atoms with Gasteiger partial charge < -0.3 is 0 Å². The molecule has 0 aromatic carbocycles. The van der Waals surface area contributed by atoms with Gasteiger partial charge in [0, 0.05) is 32.5 Å². The van der Waals surface area contributed by atoms with Gasteiger partial charge in [-0.05, 0) is 25.8 Å². The molecule has 0 radical (unpaired) electrons. The maximum absolute atomic E-state index is 12.0. The number of rotatable bonds is 5. The minimum absolute atomic E-state index is 0.180. The molecule has 8 heteroatoms. The lowest BCUT2D eigenvalue weighted by molar-refractivity contribution is 0.581. The second-order valence-electron chi connectivity index (χ2n) is 4.77. The molecule has 1 N–H and O–H groups in total. The maximum atomic E-state index is 12.0. The maximum Gasteiger partial charge on any atom is 0.243 e. The molecule has 0 aliphatic rings. The van der Waals surface area contributed by atoms with E-state index in [0.29, 0.717) is 13.0 Å². The SMILES string of the molecule is Cc1nn(C)c(C)c1CCNS(=O)(=O)c1cnn(C)c1. The van der Waals surface area contributed by atoms with Gasteiger partial charge in [0.25, 0.3) is 0 Å². The fourth-order valence-corrected chi connectivity index (χ4v) is 3.13. The summed E-state index contributed by atoms with van der Waals surface area (Å²) in [6.45, 7) is 4.24. The van der Waals surface area contributed by atoms with E-state index in [0.717, 1.165) is 17.0 Å². The van der Waals surface area contributed by atoms with E-state index in [9.17, 15) is 8.42 Å². The third-order valence-corrected chi connectivity index (χ3v) is 4.73. The average Bonchev–Trinajstić information content (AvgIpc) is 2.89. The molecule has 0 aliphatic carbocycles. The third kappa shape index (κ3) is 2.91. The van der Waals surface area contributed by atoms with Gasteiger partial charge >= 0.3 is 0 Å². The lowest BCUT2D eigenvalue weighted by atomic mass is 10.1. The lowest BCUT2D eigenvalue weighted by Crippen LogP contribution is -2.26. The van der Waals surface area contributed by atoms with Crippen molar-refractivity contribution in [1.29, 1.82) is 0 Å². The van der Waals surface area contributed by atoms with E-state index < -0.39 is 10.0 Å². The van der Waals surface area contributed by atoms with Crippen LogP contribution in [0.1, 0.15) is 17.0 Å². The van der Waals surface area contributed by atoms with Crippen LogP contribution in [0.2, 0.25) is 0 Å². The van der Waals surface area contributed by atoms with Crippen LogP contribution in [0.4, 0.5) is 0 Å². The molecule has 110 valence electrons. The Morgan fingerprint density at radius 1 is 1.30 bits per heavy atom. The average molecular weight is 297 g/mol. The summed E-state index contributed by atoms with van der Waals surface area (Å²) in [6, 6.07) is 0. The highest BCUT2D eigenvalue weighted by Crippen LogP contribution is 2.12. The summed E-state index contributed by atoms with van der Waals surface area (Å²) in [5.41, 5.74) is 3.08. The van der Waals surface area contributed by atoms with Crippen LogP contribution >= 0.6 is 0 Å². The highest BCUT2D eigenvalue weighted by Gasteiger charge is 2.16. The smallest absolute Gasteiger partial charge is 0.243 e. The molecule has 7 nitrogen and oxygen atoms in total. The van der Waals surface area contributed by atoms with Crippen molar-refractivity contribution in [3.05, 3.63) is 29.3 Å². The predicted octanol–water partition coefficient (Wildman–Crippen LogP) is 0.291. The van der Waals surface area contributed by atoms with Gasteiger partial charge in [0.15, 0.2) is 0 Å². The summed E-state index contributed by atoms with van der Waals surface area (Å²) in [6.07, 6.45) is 3.43. The topological polar surface area (TPSA) is 81.8 Å². The first-order chi connectivity index (χ1) is 9.31. The van der Waals surface area contributed by atoms with Crippen molar-refractivity contribution in [2.75, 3.05) is 6.54 Å². The fraction of sp³-hybridized carbons (Fsp3) is 0.500. The Balaban J connectivity index is 2.03. The Kier molecular flexibility index (Phi) is 3.96. The largest absolute Gasteiger partial charge is 0.274 e. The van der Waals surface area contributed by atoms with Crippen LogP contribution in [0.25, 0.3) is 0 Å². The van der Waals surface area contributed by atoms with Crippen LogP contribution < -0.4 is 4.72 Å². The van der Waals surface area contributed by atoms with E-state index in [1.165, 1.54) is 17.1 Å². The van der Waals surface area contributed by atoms with Gasteiger partial charge in [-0.2, -0.15) is 10.2 Å². The molecule has 2 rings (SSSR count). The molecule has 0 saturated carbocycles. The number of nitrogens with one attached hydrogen (secondary N) is 1. The molecule has 0 bridgehead atoms. The van der Waals surface area contributed by atoms with Gasteiger partial charge in [0.05, 0.1) is 11.9 Å². The van der Waals surface area contributed by atoms with E-state index in [-0.39, 0.29) is 4.90 Å². The standard InChI is InChI=1S/C12H19N5O2S/c1-9-12(10(2)17(4)15-9)5-6-14-20(18,19)11-7-13-16(3)8-11/h7-8,14H,5-6H2,1-4H3. The third-order valence-electron chi connectivity index (χ3n) is 3.32. The van der Waals surface area contributed by atoms with Crippen LogP contribution in [0.5, 0.6) is 0 Å². The molecule has 2 heterocycles. The number of nitrogens with zero attached hydrogens (tertiary/aromatic N) is 4. The van der Waals surface area contributed by atoms with Gasteiger partial charge in [-0.15, -0.1) is 0 Å². The number of hydrogen-bond acceptors (Lipinski definition) is 4. The first-order valence-corrected chi connectivity index (χ1v) is 7.77. The minimum Gasteiger partial charge on any atom is -0.274 e. The van der Waals surface area contributed by atoms with E-state index in [2.05, 4.69) is 14.9 Å². The Hall–Kier alpha value is -1.67. The number of aromatic nitrogens is 4. The second-order valence-corrected chi connectivity index (χ2v) is 6.54. The molecule has 2 aromatic rings. The van der Waals surface area contributed by atoms with Crippen molar-refractivity contribution in [3.63, 3.8) is 0 Å². The van der Waals surface area contributed by atoms with Crippen LogP contribution in [-0.2, 0) is 30.5 Å². The molecular weight excluding hydrogens is 278 g/mol. The number of aryl methyl sites for hydroxylation is 3. The Bertz CT molecular complexity index is 714. The first-order valence-electron chi connectivity index (χ1n) is 6.28. The van der Waals surface area contributed by atoms with E-state index in [4.69, 9.17) is 0 Å². The Morgan fingerprint density at radius 3 is 2.50 bits per heavy atom. The lowest BCUT2D eigenvalue weighted by Gasteiger charge is -2.05. The Morgan fingerprint density at radius 2 is 2.00 bits per heavy atom. The molecule has 0 aliphatic heterocycles. The van der Waals surface area contributed by atoms with Gasteiger partial charge in [-0.3, -0.25) is 9.36 Å². The summed E-state index contributed by atoms with van der Waals surface area (Å²) in [5.74, 6) is 0. The Labute approximate surface area is 118 Å². The molecule has 0 unspecified atom stereocenters. The van der Waals surface area contributed by atoms with Gasteiger partial charge in [0.1, 0.15) is 4.90 Å². The van der Waals surface area contributed by atoms with Crippen LogP contribution in [0.3, 0.4) is 0 Å². The van der Waals surface area contributed by atoms with Gasteiger partial charge in [0.2, 0.25) is 10.0 Å². The summed E-state index contributed by atoms with van der Waals surface area (Å²) in [5, 5.41) is 8.18. The zero-order valence-corrected chi connectivity index (χ0v) is 12.9. The highest BCUT2D eigenvalue weighted by molar-refractivity contribution is 7.89. The van der Waals surface area contributed by atoms with Gasteiger partial charge in [-0.25, -0.2) is 13.1 Å². The van der Waals surface area contributed by atoms with E-state index in [1.54, 1.807) is 11.7 Å². The molecule has 0 atom stereocenters. The number of sulfonamides is 1. The summed E-state index contributed by atoms with van der Waals surface area (Å²) in [7, 11) is 0.0735. The van der Waals surface area contributed by atoms with E-state index >= 15 is 0 Å². The molecule has 2 aromatic heterocycles. The van der Waals surface area contributed by atoms with Crippen molar-refractivity contribution in [3.8, 4) is 0 Å². The fourth-order valence-electron chi connectivity index (χ4n) is 2.11. The summed E-state index contributed by atoms with van der Waals surface area (Å²) in [4.78, 5) is 0.180. The first kappa shape index (κ1) is 14.7. The highest BCUT2D eigenvalue weighted by atomic mass is 32.2. The molecule has 0 fully saturated rings. The van der Waals surface area contributed by atoms with Gasteiger partial charge in [-0.1, -0.05) is 0 Å². The monoisotopic (exact) mass is 297 g/mol. The van der Waals surface area contributed by atoms with Crippen LogP contribution in [0.15, 0.2) is 17.3 Å². The normalized spacial score (nSPS) is 12.0. The summed E-state index contributed by atoms with van der Waals surface area (Å²) >= 11 is 0. The van der Waals surface area contributed by atoms with Crippen LogP contribution in [-0.4, -0.2) is 34.5 Å². The quantitative estimate of drug-likeness (QED) is 0.860. The second kappa shape index (κ2) is 5.37. The predicted molar refractivity (Wildman–Crippen MR) is 74.8 cm³/mol. The van der Waals surface area contributed by atoms with E-state index in [1.807, 2.05) is 20.9 Å². The zero-order valence-electron chi connectivity index (χ0n) is 12.1. The number of hydrogen-bond donors (Lipinski definition) is 1. The van der Waals surface area contributed by atoms with Crippen molar-refractivity contribution >= 4 is 10.0 Å². The molecule has 0 saturated heterocycles. The zero-order chi connectivity index (χ0) is 14.9. The van der Waals surface area contributed by atoms with Crippen molar-refractivity contribution < 1.29 is 8.42 Å². The van der Waals surface area contributed by atoms with Crippen molar-refractivity contribution in [2.45, 2.75) is 25.2 Å². The minimum atomic E-state index is -3.49. The summed E-state index contributed by atoms with van der Waals surface area (Å²) < 4.78 is 29.9. The molecule has 0 spiro atoms. The molecule has 0 amide bonds. The van der Waals surface area contributed by atoms with Crippen LogP contribution in [0, 0.1) is 13.8 Å². The van der Waals surface area contributed by atoms with Crippen molar-refractivity contribution in [2.24, 2.45) is 14.1 Å². The van der Waals surface area contributed by atoms with Crippen molar-refractivity contribution in [1.82, 2.24) is 24.3 Å². The molecule has 20 heavy (non-hydrogen) atoms. The molecular formula is C12H19N5O2S.